The number of allylic oxidation sites excluding steroid dienone is 1. The molecule has 0 aliphatic heterocycles. The lowest BCUT2D eigenvalue weighted by atomic mass is 9.47. The molecule has 4 nitrogen and oxygen atoms in total. The smallest absolute Gasteiger partial charge is 0.302 e. The van der Waals surface area contributed by atoms with Crippen LogP contribution in [0.3, 0.4) is 0 Å². The predicted molar refractivity (Wildman–Crippen MR) is 103 cm³/mol. The van der Waals surface area contributed by atoms with Crippen LogP contribution in [0, 0.1) is 28.6 Å². The molecular weight excluding hydrogens is 340 g/mol. The van der Waals surface area contributed by atoms with Gasteiger partial charge in [-0.05, 0) is 75.0 Å². The molecule has 4 aliphatic rings. The van der Waals surface area contributed by atoms with Crippen LogP contribution in [0.15, 0.2) is 11.6 Å². The molecule has 0 unspecified atom stereocenters. The summed E-state index contributed by atoms with van der Waals surface area (Å²) in [6, 6.07) is 0. The van der Waals surface area contributed by atoms with E-state index >= 15 is 0 Å². The Hall–Kier alpha value is -1.16. The Morgan fingerprint density at radius 1 is 1.07 bits per heavy atom. The van der Waals surface area contributed by atoms with E-state index in [9.17, 15) is 14.7 Å². The first kappa shape index (κ1) is 19.2. The number of carbonyl (C=O) groups is 2. The zero-order chi connectivity index (χ0) is 19.6. The normalized spacial score (nSPS) is 48.7. The van der Waals surface area contributed by atoms with Gasteiger partial charge < -0.3 is 9.84 Å². The second kappa shape index (κ2) is 6.17. The third-order valence-electron chi connectivity index (χ3n) is 9.13. The quantitative estimate of drug-likeness (QED) is 0.581. The van der Waals surface area contributed by atoms with Gasteiger partial charge in [-0.3, -0.25) is 9.59 Å². The molecule has 0 bridgehead atoms. The number of hydrogen-bond donors (Lipinski definition) is 1. The minimum absolute atomic E-state index is 0.0292. The molecule has 0 aromatic heterocycles. The number of fused-ring (bicyclic) bond motifs is 5. The molecule has 0 radical (unpaired) electrons. The number of rotatable bonds is 2. The van der Waals surface area contributed by atoms with Crippen molar-refractivity contribution < 1.29 is 19.4 Å². The molecule has 0 amide bonds. The molecule has 150 valence electrons. The van der Waals surface area contributed by atoms with Gasteiger partial charge in [-0.25, -0.2) is 0 Å². The summed E-state index contributed by atoms with van der Waals surface area (Å²) in [7, 11) is 0. The van der Waals surface area contributed by atoms with E-state index in [0.717, 1.165) is 44.9 Å². The van der Waals surface area contributed by atoms with Gasteiger partial charge in [-0.2, -0.15) is 0 Å². The van der Waals surface area contributed by atoms with Gasteiger partial charge in [0, 0.05) is 18.8 Å². The lowest BCUT2D eigenvalue weighted by Gasteiger charge is -2.58. The van der Waals surface area contributed by atoms with Crippen molar-refractivity contribution in [2.75, 3.05) is 0 Å². The summed E-state index contributed by atoms with van der Waals surface area (Å²) in [4.78, 5) is 23.7. The summed E-state index contributed by atoms with van der Waals surface area (Å²) < 4.78 is 5.51. The highest BCUT2D eigenvalue weighted by Gasteiger charge is 2.65. The van der Waals surface area contributed by atoms with Crippen LogP contribution in [0.25, 0.3) is 0 Å². The summed E-state index contributed by atoms with van der Waals surface area (Å²) in [5.74, 6) is 1.36. The molecular formula is C23H34O4. The van der Waals surface area contributed by atoms with Crippen LogP contribution in [0.5, 0.6) is 0 Å². The highest BCUT2D eigenvalue weighted by atomic mass is 16.5. The number of hydrogen-bond acceptors (Lipinski definition) is 4. The molecule has 7 atom stereocenters. The number of aliphatic hydroxyl groups is 1. The number of esters is 1. The van der Waals surface area contributed by atoms with Crippen LogP contribution in [-0.4, -0.2) is 28.6 Å². The fourth-order valence-corrected chi connectivity index (χ4v) is 7.56. The van der Waals surface area contributed by atoms with E-state index in [1.165, 1.54) is 12.5 Å². The first-order valence-corrected chi connectivity index (χ1v) is 10.7. The lowest BCUT2D eigenvalue weighted by Crippen LogP contribution is -2.57. The molecule has 0 spiro atoms. The Kier molecular flexibility index (Phi) is 4.38. The topological polar surface area (TPSA) is 63.6 Å². The van der Waals surface area contributed by atoms with Crippen LogP contribution >= 0.6 is 0 Å². The number of ether oxygens (including phenoxy) is 1. The molecule has 4 heteroatoms. The van der Waals surface area contributed by atoms with Crippen molar-refractivity contribution in [3.63, 3.8) is 0 Å². The summed E-state index contributed by atoms with van der Waals surface area (Å²) in [6.07, 6.45) is 9.96. The summed E-state index contributed by atoms with van der Waals surface area (Å²) in [5.41, 5.74) is 0.235. The Bertz CT molecular complexity index is 696. The van der Waals surface area contributed by atoms with Crippen LogP contribution in [0.1, 0.15) is 79.1 Å². The van der Waals surface area contributed by atoms with Gasteiger partial charge in [-0.15, -0.1) is 0 Å². The summed E-state index contributed by atoms with van der Waals surface area (Å²) >= 11 is 0. The Labute approximate surface area is 162 Å². The van der Waals surface area contributed by atoms with Crippen LogP contribution in [0.2, 0.25) is 0 Å². The lowest BCUT2D eigenvalue weighted by molar-refractivity contribution is -0.160. The molecule has 27 heavy (non-hydrogen) atoms. The van der Waals surface area contributed by atoms with Gasteiger partial charge in [-0.1, -0.05) is 25.5 Å². The highest BCUT2D eigenvalue weighted by Crippen LogP contribution is 2.67. The Morgan fingerprint density at radius 2 is 1.78 bits per heavy atom. The van der Waals surface area contributed by atoms with Gasteiger partial charge in [0.1, 0.15) is 11.7 Å². The van der Waals surface area contributed by atoms with Crippen molar-refractivity contribution in [1.29, 1.82) is 0 Å². The second-order valence-electron chi connectivity index (χ2n) is 10.1. The average Bonchev–Trinajstić information content (AvgIpc) is 2.87. The standard InChI is InChI=1S/C23H34O4/c1-14(24)23(26)12-9-20-18-6-5-16-13-17(27-15(2)25)7-10-21(16,3)19(18)8-11-22(20,23)4/h5,17-20,26H,6-13H2,1-4H3/t17-,18-,19+,20+,21-,22+,23+/m1/s1. The minimum atomic E-state index is -1.14. The third-order valence-corrected chi connectivity index (χ3v) is 9.13. The van der Waals surface area contributed by atoms with E-state index in [0.29, 0.717) is 24.2 Å². The molecule has 4 aliphatic carbocycles. The van der Waals surface area contributed by atoms with Crippen LogP contribution in [-0.2, 0) is 14.3 Å². The third kappa shape index (κ3) is 2.58. The maximum atomic E-state index is 12.3. The van der Waals surface area contributed by atoms with E-state index in [4.69, 9.17) is 4.74 Å². The van der Waals surface area contributed by atoms with Crippen LogP contribution in [0.4, 0.5) is 0 Å². The fraction of sp³-hybridized carbons (Fsp3) is 0.826. The highest BCUT2D eigenvalue weighted by molar-refractivity contribution is 5.86. The van der Waals surface area contributed by atoms with Gasteiger partial charge in [0.2, 0.25) is 0 Å². The zero-order valence-corrected chi connectivity index (χ0v) is 17.2. The van der Waals surface area contributed by atoms with Gasteiger partial charge in [0.15, 0.2) is 5.78 Å². The van der Waals surface area contributed by atoms with E-state index < -0.39 is 5.60 Å². The van der Waals surface area contributed by atoms with Gasteiger partial charge >= 0.3 is 5.97 Å². The number of carbonyl (C=O) groups excluding carboxylic acids is 2. The SMILES string of the molecule is CC(=O)O[C@@H]1CC[C@]2(C)C(=CC[C@H]3[C@@H]4CC[C@](O)(C(C)=O)[C@@]4(C)CC[C@@H]32)C1. The van der Waals surface area contributed by atoms with Crippen molar-refractivity contribution in [2.45, 2.75) is 90.8 Å². The summed E-state index contributed by atoms with van der Waals surface area (Å²) in [6.45, 7) is 7.64. The molecule has 3 saturated carbocycles. The van der Waals surface area contributed by atoms with E-state index in [-0.39, 0.29) is 28.7 Å². The average molecular weight is 375 g/mol. The van der Waals surface area contributed by atoms with Gasteiger partial charge in [0.05, 0.1) is 0 Å². The fourth-order valence-electron chi connectivity index (χ4n) is 7.56. The van der Waals surface area contributed by atoms with Crippen molar-refractivity contribution in [3.05, 3.63) is 11.6 Å². The number of ketones is 1. The zero-order valence-electron chi connectivity index (χ0n) is 17.2. The molecule has 0 aromatic rings. The molecule has 1 N–H and O–H groups in total. The molecule has 0 saturated heterocycles. The first-order chi connectivity index (χ1) is 12.6. The van der Waals surface area contributed by atoms with Crippen molar-refractivity contribution in [2.24, 2.45) is 28.6 Å². The second-order valence-corrected chi connectivity index (χ2v) is 10.1. The Balaban J connectivity index is 1.61. The maximum Gasteiger partial charge on any atom is 0.302 e. The predicted octanol–water partition coefficient (Wildman–Crippen LogP) is 4.20. The molecule has 0 aromatic carbocycles. The van der Waals surface area contributed by atoms with Crippen molar-refractivity contribution >= 4 is 11.8 Å². The van der Waals surface area contributed by atoms with Crippen molar-refractivity contribution in [1.82, 2.24) is 0 Å². The maximum absolute atomic E-state index is 12.3. The van der Waals surface area contributed by atoms with Gasteiger partial charge in [0.25, 0.3) is 0 Å². The minimum Gasteiger partial charge on any atom is -0.462 e. The monoisotopic (exact) mass is 374 g/mol. The van der Waals surface area contributed by atoms with E-state index in [2.05, 4.69) is 19.9 Å². The Morgan fingerprint density at radius 3 is 2.44 bits per heavy atom. The number of Topliss-reactive ketones (excluding diaryl/α,β-unsaturated/α-hetero) is 1. The summed E-state index contributed by atoms with van der Waals surface area (Å²) in [5, 5.41) is 11.2. The largest absolute Gasteiger partial charge is 0.462 e. The van der Waals surface area contributed by atoms with Crippen molar-refractivity contribution in [3.8, 4) is 0 Å². The van der Waals surface area contributed by atoms with Crippen LogP contribution < -0.4 is 0 Å². The molecule has 3 fully saturated rings. The molecule has 0 heterocycles. The first-order valence-electron chi connectivity index (χ1n) is 10.7. The van der Waals surface area contributed by atoms with E-state index in [1.807, 2.05) is 0 Å². The molecule has 4 rings (SSSR count). The van der Waals surface area contributed by atoms with E-state index in [1.54, 1.807) is 6.92 Å².